The summed E-state index contributed by atoms with van der Waals surface area (Å²) >= 11 is 0. The van der Waals surface area contributed by atoms with Crippen molar-refractivity contribution in [3.05, 3.63) is 0 Å². The molecule has 2 N–H and O–H groups in total. The van der Waals surface area contributed by atoms with Crippen LogP contribution in [0.5, 0.6) is 0 Å². The Labute approximate surface area is 64.1 Å². The van der Waals surface area contributed by atoms with Crippen molar-refractivity contribution in [3.63, 3.8) is 0 Å². The van der Waals surface area contributed by atoms with Crippen LogP contribution in [-0.2, 0) is 0 Å². The standard InChI is InChI=1S/C6H15NO.H2S/c1-5(2)7-4-6(3)8;/h5-8H,4H2,1-3H3;1H2/t6-;/m0./s1. The van der Waals surface area contributed by atoms with Crippen LogP contribution in [0.2, 0.25) is 0 Å². The highest BCUT2D eigenvalue weighted by Crippen LogP contribution is 1.78. The molecule has 58 valence electrons. The van der Waals surface area contributed by atoms with Gasteiger partial charge in [0.1, 0.15) is 0 Å². The average molecular weight is 151 g/mol. The largest absolute Gasteiger partial charge is 0.392 e. The first kappa shape index (κ1) is 12.0. The third kappa shape index (κ3) is 11.7. The Hall–Kier alpha value is 0.270. The molecular weight excluding hydrogens is 134 g/mol. The van der Waals surface area contributed by atoms with Crippen LogP contribution in [0.1, 0.15) is 20.8 Å². The van der Waals surface area contributed by atoms with E-state index in [-0.39, 0.29) is 19.6 Å². The molecule has 1 atom stereocenters. The topological polar surface area (TPSA) is 32.3 Å². The van der Waals surface area contributed by atoms with Crippen molar-refractivity contribution in [1.29, 1.82) is 0 Å². The highest BCUT2D eigenvalue weighted by molar-refractivity contribution is 7.59. The smallest absolute Gasteiger partial charge is 0.0636 e. The summed E-state index contributed by atoms with van der Waals surface area (Å²) in [6.45, 7) is 6.58. The van der Waals surface area contributed by atoms with Crippen molar-refractivity contribution in [3.8, 4) is 0 Å². The van der Waals surface area contributed by atoms with Crippen LogP contribution in [0.25, 0.3) is 0 Å². The minimum Gasteiger partial charge on any atom is -0.392 e. The van der Waals surface area contributed by atoms with E-state index in [1.165, 1.54) is 0 Å². The average Bonchev–Trinajstić information content (AvgIpc) is 1.61. The molecular formula is C6H17NOS. The maximum Gasteiger partial charge on any atom is 0.0636 e. The van der Waals surface area contributed by atoms with Crippen molar-refractivity contribution >= 4 is 13.5 Å². The fourth-order valence-corrected chi connectivity index (χ4v) is 0.406. The summed E-state index contributed by atoms with van der Waals surface area (Å²) in [6, 6.07) is 0.476. The molecule has 0 amide bonds. The molecule has 0 rings (SSSR count). The molecule has 0 aromatic rings. The van der Waals surface area contributed by atoms with E-state index in [9.17, 15) is 0 Å². The van der Waals surface area contributed by atoms with Crippen molar-refractivity contribution < 1.29 is 5.11 Å². The van der Waals surface area contributed by atoms with Crippen LogP contribution in [-0.4, -0.2) is 23.8 Å². The predicted octanol–water partition coefficient (Wildman–Crippen LogP) is 0.478. The zero-order chi connectivity index (χ0) is 6.57. The molecule has 0 spiro atoms. The van der Waals surface area contributed by atoms with Crippen LogP contribution in [0.3, 0.4) is 0 Å². The van der Waals surface area contributed by atoms with E-state index in [0.717, 1.165) is 0 Å². The van der Waals surface area contributed by atoms with Gasteiger partial charge in [0.25, 0.3) is 0 Å². The van der Waals surface area contributed by atoms with Gasteiger partial charge >= 0.3 is 0 Å². The van der Waals surface area contributed by atoms with Gasteiger partial charge in [-0.25, -0.2) is 0 Å². The van der Waals surface area contributed by atoms with Gasteiger partial charge in [-0.1, -0.05) is 13.8 Å². The monoisotopic (exact) mass is 151 g/mol. The fraction of sp³-hybridized carbons (Fsp3) is 1.00. The first-order valence-corrected chi connectivity index (χ1v) is 3.04. The summed E-state index contributed by atoms with van der Waals surface area (Å²) in [5, 5.41) is 11.8. The summed E-state index contributed by atoms with van der Waals surface area (Å²) in [4.78, 5) is 0. The van der Waals surface area contributed by atoms with Crippen LogP contribution in [0.15, 0.2) is 0 Å². The first-order valence-electron chi connectivity index (χ1n) is 3.04. The zero-order valence-corrected chi connectivity index (χ0v) is 7.31. The Kier molecular flexibility index (Phi) is 8.52. The Balaban J connectivity index is 0. The van der Waals surface area contributed by atoms with Crippen molar-refractivity contribution in [2.24, 2.45) is 0 Å². The molecule has 0 aliphatic rings. The molecule has 0 aromatic heterocycles. The lowest BCUT2D eigenvalue weighted by atomic mass is 10.3. The molecule has 0 aliphatic heterocycles. The van der Waals surface area contributed by atoms with Gasteiger partial charge in [0.05, 0.1) is 6.10 Å². The summed E-state index contributed by atoms with van der Waals surface area (Å²) in [5.41, 5.74) is 0. The van der Waals surface area contributed by atoms with Crippen molar-refractivity contribution in [2.75, 3.05) is 6.54 Å². The second-order valence-electron chi connectivity index (χ2n) is 2.41. The summed E-state index contributed by atoms with van der Waals surface area (Å²) in [7, 11) is 0. The maximum atomic E-state index is 8.74. The Morgan fingerprint density at radius 3 is 1.89 bits per heavy atom. The molecule has 0 unspecified atom stereocenters. The molecule has 0 fully saturated rings. The van der Waals surface area contributed by atoms with Crippen molar-refractivity contribution in [2.45, 2.75) is 32.9 Å². The quantitative estimate of drug-likeness (QED) is 0.615. The van der Waals surface area contributed by atoms with Gasteiger partial charge in [-0.2, -0.15) is 13.5 Å². The minimum absolute atomic E-state index is 0. The summed E-state index contributed by atoms with van der Waals surface area (Å²) in [6.07, 6.45) is -0.225. The lowest BCUT2D eigenvalue weighted by Gasteiger charge is -2.08. The first-order chi connectivity index (χ1) is 3.63. The Bertz CT molecular complexity index is 49.0. The molecule has 9 heavy (non-hydrogen) atoms. The van der Waals surface area contributed by atoms with Gasteiger partial charge in [0, 0.05) is 12.6 Å². The van der Waals surface area contributed by atoms with E-state index in [2.05, 4.69) is 19.2 Å². The van der Waals surface area contributed by atoms with Gasteiger partial charge in [0.2, 0.25) is 0 Å². The van der Waals surface area contributed by atoms with Crippen LogP contribution in [0, 0.1) is 0 Å². The molecule has 0 radical (unpaired) electrons. The predicted molar refractivity (Wildman–Crippen MR) is 45.2 cm³/mol. The van der Waals surface area contributed by atoms with E-state index >= 15 is 0 Å². The lowest BCUT2D eigenvalue weighted by Crippen LogP contribution is -2.30. The number of nitrogens with one attached hydrogen (secondary N) is 1. The third-order valence-corrected chi connectivity index (χ3v) is 0.822. The number of aliphatic hydroxyl groups excluding tert-OH is 1. The molecule has 0 aliphatic carbocycles. The fourth-order valence-electron chi connectivity index (χ4n) is 0.406. The number of hydrogen-bond donors (Lipinski definition) is 2. The second-order valence-corrected chi connectivity index (χ2v) is 2.41. The molecule has 3 heteroatoms. The summed E-state index contributed by atoms with van der Waals surface area (Å²) < 4.78 is 0. The summed E-state index contributed by atoms with van der Waals surface area (Å²) in [5.74, 6) is 0. The SMILES string of the molecule is CC(C)NC[C@H](C)O.S. The van der Waals surface area contributed by atoms with Gasteiger partial charge in [0.15, 0.2) is 0 Å². The van der Waals surface area contributed by atoms with E-state index in [0.29, 0.717) is 12.6 Å². The molecule has 0 heterocycles. The highest BCUT2D eigenvalue weighted by atomic mass is 32.1. The molecule has 0 saturated carbocycles. The lowest BCUT2D eigenvalue weighted by molar-refractivity contribution is 0.188. The van der Waals surface area contributed by atoms with E-state index in [1.54, 1.807) is 6.92 Å². The van der Waals surface area contributed by atoms with E-state index < -0.39 is 0 Å². The van der Waals surface area contributed by atoms with E-state index in [1.807, 2.05) is 0 Å². The van der Waals surface area contributed by atoms with Gasteiger partial charge < -0.3 is 10.4 Å². The normalized spacial score (nSPS) is 13.0. The zero-order valence-electron chi connectivity index (χ0n) is 6.31. The molecule has 0 bridgehead atoms. The van der Waals surface area contributed by atoms with Crippen LogP contribution < -0.4 is 5.32 Å². The van der Waals surface area contributed by atoms with Crippen LogP contribution in [0.4, 0.5) is 0 Å². The van der Waals surface area contributed by atoms with Crippen LogP contribution >= 0.6 is 13.5 Å². The maximum absolute atomic E-state index is 8.74. The minimum atomic E-state index is -0.225. The molecule has 0 aromatic carbocycles. The Morgan fingerprint density at radius 1 is 1.33 bits per heavy atom. The number of rotatable bonds is 3. The Morgan fingerprint density at radius 2 is 1.78 bits per heavy atom. The highest BCUT2D eigenvalue weighted by Gasteiger charge is 1.94. The van der Waals surface area contributed by atoms with Crippen molar-refractivity contribution in [1.82, 2.24) is 5.32 Å². The second kappa shape index (κ2) is 6.39. The molecule has 0 saturated heterocycles. The number of hydrogen-bond acceptors (Lipinski definition) is 2. The van der Waals surface area contributed by atoms with Gasteiger partial charge in [-0.3, -0.25) is 0 Å². The van der Waals surface area contributed by atoms with Gasteiger partial charge in [-0.15, -0.1) is 0 Å². The number of aliphatic hydroxyl groups is 1. The molecule has 2 nitrogen and oxygen atoms in total. The van der Waals surface area contributed by atoms with E-state index in [4.69, 9.17) is 5.11 Å². The third-order valence-electron chi connectivity index (χ3n) is 0.822. The van der Waals surface area contributed by atoms with Gasteiger partial charge in [-0.05, 0) is 6.92 Å².